The number of piperidine rings is 1. The number of carboxylic acids is 1. The minimum Gasteiger partial charge on any atom is -0.476 e. The quantitative estimate of drug-likeness (QED) is 0.770. The molecule has 1 aliphatic carbocycles. The first-order valence-electron chi connectivity index (χ1n) is 11.0. The molecule has 0 aromatic carbocycles. The summed E-state index contributed by atoms with van der Waals surface area (Å²) in [7, 11) is 0. The van der Waals surface area contributed by atoms with Crippen LogP contribution < -0.4 is 0 Å². The molecular weight excluding hydrogens is 356 g/mol. The van der Waals surface area contributed by atoms with Gasteiger partial charge in [-0.2, -0.15) is 5.10 Å². The van der Waals surface area contributed by atoms with Gasteiger partial charge in [-0.15, -0.1) is 0 Å². The van der Waals surface area contributed by atoms with Gasteiger partial charge in [0, 0.05) is 43.5 Å². The summed E-state index contributed by atoms with van der Waals surface area (Å²) in [6.45, 7) is 7.73. The van der Waals surface area contributed by atoms with Crippen LogP contribution in [0.3, 0.4) is 0 Å². The van der Waals surface area contributed by atoms with Crippen molar-refractivity contribution in [2.45, 2.75) is 76.5 Å². The number of nitrogens with zero attached hydrogens (tertiary/aromatic N) is 4. The van der Waals surface area contributed by atoms with E-state index < -0.39 is 11.6 Å². The highest BCUT2D eigenvalue weighted by atomic mass is 16.4. The van der Waals surface area contributed by atoms with Gasteiger partial charge in [-0.25, -0.2) is 4.79 Å². The van der Waals surface area contributed by atoms with Crippen molar-refractivity contribution in [1.29, 1.82) is 0 Å². The first-order valence-corrected chi connectivity index (χ1v) is 11.0. The van der Waals surface area contributed by atoms with Crippen molar-refractivity contribution in [1.82, 2.24) is 19.6 Å². The second-order valence-corrected chi connectivity index (χ2v) is 8.94. The number of carboxylic acid groups (broad SMARTS) is 1. The number of rotatable bonds is 6. The Labute approximate surface area is 167 Å². The summed E-state index contributed by atoms with van der Waals surface area (Å²) < 4.78 is 1.92. The molecule has 7 nitrogen and oxygen atoms in total. The van der Waals surface area contributed by atoms with Gasteiger partial charge in [0.25, 0.3) is 0 Å². The molecule has 28 heavy (non-hydrogen) atoms. The number of aromatic nitrogens is 2. The second-order valence-electron chi connectivity index (χ2n) is 8.94. The largest absolute Gasteiger partial charge is 0.476 e. The summed E-state index contributed by atoms with van der Waals surface area (Å²) in [6, 6.07) is 0.362. The van der Waals surface area contributed by atoms with Gasteiger partial charge in [-0.3, -0.25) is 9.58 Å². The van der Waals surface area contributed by atoms with Crippen LogP contribution in [0.15, 0.2) is 0 Å². The van der Waals surface area contributed by atoms with Gasteiger partial charge in [0.05, 0.1) is 5.60 Å². The van der Waals surface area contributed by atoms with E-state index in [0.717, 1.165) is 89.1 Å². The molecule has 2 fully saturated rings. The standard InChI is InChI=1S/C21H34N4O3/c1-2-9-25-18-6-5-16(14-17(18)19(22-25)20(26)27)24-12-7-21(28,8-13-24)15-23-10-3-4-11-23/h16,28H,2-15H2,1H3,(H,26,27). The Kier molecular flexibility index (Phi) is 5.76. The highest BCUT2D eigenvalue weighted by Gasteiger charge is 2.38. The average molecular weight is 391 g/mol. The number of hydrogen-bond donors (Lipinski definition) is 2. The molecule has 2 aliphatic heterocycles. The van der Waals surface area contributed by atoms with Gasteiger partial charge in [-0.1, -0.05) is 6.92 Å². The van der Waals surface area contributed by atoms with Crippen LogP contribution in [0.25, 0.3) is 0 Å². The van der Waals surface area contributed by atoms with Crippen LogP contribution in [0, 0.1) is 0 Å². The maximum atomic E-state index is 11.7. The van der Waals surface area contributed by atoms with Crippen molar-refractivity contribution in [3.63, 3.8) is 0 Å². The molecule has 0 spiro atoms. The summed E-state index contributed by atoms with van der Waals surface area (Å²) in [4.78, 5) is 16.6. The Morgan fingerprint density at radius 3 is 2.57 bits per heavy atom. The molecule has 2 N–H and O–H groups in total. The van der Waals surface area contributed by atoms with E-state index in [1.807, 2.05) is 4.68 Å². The maximum absolute atomic E-state index is 11.7. The Morgan fingerprint density at radius 1 is 1.21 bits per heavy atom. The molecule has 0 bridgehead atoms. The van der Waals surface area contributed by atoms with Gasteiger partial charge in [-0.05, 0) is 64.5 Å². The van der Waals surface area contributed by atoms with Crippen molar-refractivity contribution in [3.05, 3.63) is 17.0 Å². The number of aryl methyl sites for hydroxylation is 1. The zero-order valence-electron chi connectivity index (χ0n) is 17.1. The van der Waals surface area contributed by atoms with E-state index in [-0.39, 0.29) is 5.69 Å². The van der Waals surface area contributed by atoms with Gasteiger partial charge in [0.15, 0.2) is 5.69 Å². The molecule has 7 heteroatoms. The molecule has 1 aromatic rings. The topological polar surface area (TPSA) is 81.8 Å². The van der Waals surface area contributed by atoms with Crippen LogP contribution in [0.1, 0.15) is 67.2 Å². The Hall–Kier alpha value is -1.44. The third kappa shape index (κ3) is 3.98. The van der Waals surface area contributed by atoms with E-state index in [9.17, 15) is 15.0 Å². The predicted octanol–water partition coefficient (Wildman–Crippen LogP) is 1.77. The summed E-state index contributed by atoms with van der Waals surface area (Å²) in [6.07, 6.45) is 7.81. The number of fused-ring (bicyclic) bond motifs is 1. The molecule has 1 unspecified atom stereocenters. The van der Waals surface area contributed by atoms with Crippen molar-refractivity contribution >= 4 is 5.97 Å². The zero-order valence-corrected chi connectivity index (χ0v) is 17.1. The SMILES string of the molecule is CCCn1nc(C(=O)O)c2c1CCC(N1CCC(O)(CN3CCCC3)CC1)C2. The molecule has 156 valence electrons. The summed E-state index contributed by atoms with van der Waals surface area (Å²) in [5.74, 6) is -0.912. The molecule has 0 amide bonds. The van der Waals surface area contributed by atoms with E-state index in [0.29, 0.717) is 6.04 Å². The van der Waals surface area contributed by atoms with Crippen LogP contribution >= 0.6 is 0 Å². The lowest BCUT2D eigenvalue weighted by atomic mass is 9.86. The Morgan fingerprint density at radius 2 is 1.93 bits per heavy atom. The summed E-state index contributed by atoms with van der Waals surface area (Å²) in [5.41, 5.74) is 1.75. The van der Waals surface area contributed by atoms with Crippen LogP contribution in [-0.4, -0.2) is 80.1 Å². The van der Waals surface area contributed by atoms with Crippen molar-refractivity contribution in [2.24, 2.45) is 0 Å². The predicted molar refractivity (Wildman–Crippen MR) is 107 cm³/mol. The Bertz CT molecular complexity index is 703. The van der Waals surface area contributed by atoms with Gasteiger partial charge >= 0.3 is 5.97 Å². The lowest BCUT2D eigenvalue weighted by Crippen LogP contribution is -2.53. The summed E-state index contributed by atoms with van der Waals surface area (Å²) >= 11 is 0. The van der Waals surface area contributed by atoms with E-state index in [1.54, 1.807) is 0 Å². The highest BCUT2D eigenvalue weighted by molar-refractivity contribution is 5.87. The molecule has 3 heterocycles. The molecule has 4 rings (SSSR count). The third-order valence-corrected chi connectivity index (χ3v) is 6.92. The van der Waals surface area contributed by atoms with Gasteiger partial charge in [0.1, 0.15) is 0 Å². The lowest BCUT2D eigenvalue weighted by Gasteiger charge is -2.44. The van der Waals surface area contributed by atoms with E-state index >= 15 is 0 Å². The molecule has 2 saturated heterocycles. The number of aromatic carboxylic acids is 1. The fourth-order valence-corrected chi connectivity index (χ4v) is 5.37. The normalized spacial score (nSPS) is 25.7. The smallest absolute Gasteiger partial charge is 0.356 e. The lowest BCUT2D eigenvalue weighted by molar-refractivity contribution is -0.0504. The van der Waals surface area contributed by atoms with Crippen LogP contribution in [-0.2, 0) is 19.4 Å². The molecule has 1 atom stereocenters. The van der Waals surface area contributed by atoms with E-state index in [2.05, 4.69) is 21.8 Å². The first-order chi connectivity index (χ1) is 13.5. The third-order valence-electron chi connectivity index (χ3n) is 6.92. The average Bonchev–Trinajstić information content (AvgIpc) is 3.30. The minimum atomic E-state index is -0.912. The number of aliphatic hydroxyl groups is 1. The maximum Gasteiger partial charge on any atom is 0.356 e. The van der Waals surface area contributed by atoms with Gasteiger partial charge in [0.2, 0.25) is 0 Å². The van der Waals surface area contributed by atoms with Crippen LogP contribution in [0.2, 0.25) is 0 Å². The number of likely N-dealkylation sites (tertiary alicyclic amines) is 2. The van der Waals surface area contributed by atoms with Crippen molar-refractivity contribution in [3.8, 4) is 0 Å². The fourth-order valence-electron chi connectivity index (χ4n) is 5.37. The minimum absolute atomic E-state index is 0.246. The highest BCUT2D eigenvalue weighted by Crippen LogP contribution is 2.32. The number of hydrogen-bond acceptors (Lipinski definition) is 5. The first kappa shape index (κ1) is 19.9. The number of β-amino-alcohol motifs (C(OH)–C–C–N with tert-alkyl or cyclic N) is 1. The second kappa shape index (κ2) is 8.13. The Balaban J connectivity index is 1.40. The molecule has 0 radical (unpaired) electrons. The molecule has 3 aliphatic rings. The van der Waals surface area contributed by atoms with Crippen molar-refractivity contribution < 1.29 is 15.0 Å². The van der Waals surface area contributed by atoms with Crippen molar-refractivity contribution in [2.75, 3.05) is 32.7 Å². The van der Waals surface area contributed by atoms with Crippen LogP contribution in [0.5, 0.6) is 0 Å². The van der Waals surface area contributed by atoms with E-state index in [1.165, 1.54) is 12.8 Å². The number of carbonyl (C=O) groups is 1. The molecular formula is C21H34N4O3. The zero-order chi connectivity index (χ0) is 19.7. The monoisotopic (exact) mass is 390 g/mol. The summed E-state index contributed by atoms with van der Waals surface area (Å²) in [5, 5.41) is 25.0. The molecule has 0 saturated carbocycles. The van der Waals surface area contributed by atoms with Gasteiger partial charge < -0.3 is 15.1 Å². The molecule has 1 aromatic heterocycles. The van der Waals surface area contributed by atoms with Crippen LogP contribution in [0.4, 0.5) is 0 Å². The fraction of sp³-hybridized carbons (Fsp3) is 0.810. The van der Waals surface area contributed by atoms with E-state index in [4.69, 9.17) is 0 Å².